The van der Waals surface area contributed by atoms with Crippen LogP contribution in [-0.2, 0) is 12.4 Å². The molecule has 226 valence electrons. The Labute approximate surface area is 257 Å². The van der Waals surface area contributed by atoms with Gasteiger partial charge in [0.15, 0.2) is 0 Å². The van der Waals surface area contributed by atoms with Crippen LogP contribution in [0.25, 0.3) is 77.0 Å². The number of aromatic nitrogens is 2. The van der Waals surface area contributed by atoms with Crippen molar-refractivity contribution < 1.29 is 26.3 Å². The fraction of sp³-hybridized carbons (Fsp3) is 0.0526. The third-order valence-electron chi connectivity index (χ3n) is 8.64. The van der Waals surface area contributed by atoms with E-state index in [1.54, 1.807) is 24.3 Å². The Morgan fingerprint density at radius 3 is 1.17 bits per heavy atom. The molecule has 0 unspecified atom stereocenters. The van der Waals surface area contributed by atoms with Crippen molar-refractivity contribution >= 4 is 43.6 Å². The lowest BCUT2D eigenvalue weighted by Crippen LogP contribution is -2.12. The van der Waals surface area contributed by atoms with E-state index in [9.17, 15) is 26.3 Å². The molecule has 46 heavy (non-hydrogen) atoms. The van der Waals surface area contributed by atoms with Gasteiger partial charge in [-0.05, 0) is 46.5 Å². The summed E-state index contributed by atoms with van der Waals surface area (Å²) in [6.07, 6.45) is -9.84. The van der Waals surface area contributed by atoms with Crippen molar-refractivity contribution in [2.24, 2.45) is 0 Å². The van der Waals surface area contributed by atoms with E-state index in [2.05, 4.69) is 9.97 Å². The van der Waals surface area contributed by atoms with Gasteiger partial charge in [0.2, 0.25) is 0 Å². The molecule has 2 N–H and O–H groups in total. The highest BCUT2D eigenvalue weighted by molar-refractivity contribution is 6.13. The molecule has 0 spiro atoms. The lowest BCUT2D eigenvalue weighted by molar-refractivity contribution is -0.139. The van der Waals surface area contributed by atoms with Gasteiger partial charge < -0.3 is 9.97 Å². The fourth-order valence-corrected chi connectivity index (χ4v) is 6.59. The first-order chi connectivity index (χ1) is 22.1. The van der Waals surface area contributed by atoms with E-state index in [1.807, 2.05) is 60.7 Å². The predicted octanol–water partition coefficient (Wildman–Crippen LogP) is 12.0. The molecule has 6 aromatic carbocycles. The number of H-pyrrole nitrogens is 2. The van der Waals surface area contributed by atoms with Crippen molar-refractivity contribution in [2.75, 3.05) is 0 Å². The number of rotatable bonds is 3. The molecule has 0 saturated carbocycles. The molecule has 0 saturated heterocycles. The van der Waals surface area contributed by atoms with Crippen LogP contribution in [0.4, 0.5) is 26.3 Å². The highest BCUT2D eigenvalue weighted by Crippen LogP contribution is 2.46. The van der Waals surface area contributed by atoms with Gasteiger partial charge in [-0.3, -0.25) is 0 Å². The van der Waals surface area contributed by atoms with E-state index in [0.29, 0.717) is 22.2 Å². The van der Waals surface area contributed by atoms with Gasteiger partial charge in [0.05, 0.1) is 22.2 Å². The van der Waals surface area contributed by atoms with Crippen molar-refractivity contribution in [2.45, 2.75) is 12.4 Å². The minimum absolute atomic E-state index is 0.240. The summed E-state index contributed by atoms with van der Waals surface area (Å²) in [6, 6.07) is 32.8. The maximum atomic E-state index is 14.7. The molecule has 0 aliphatic heterocycles. The van der Waals surface area contributed by atoms with E-state index in [-0.39, 0.29) is 11.1 Å². The number of hydrogen-bond acceptors (Lipinski definition) is 0. The molecule has 0 fully saturated rings. The Morgan fingerprint density at radius 2 is 0.761 bits per heavy atom. The zero-order chi connectivity index (χ0) is 31.8. The predicted molar refractivity (Wildman–Crippen MR) is 171 cm³/mol. The molecule has 2 aromatic heterocycles. The minimum atomic E-state index is -4.92. The topological polar surface area (TPSA) is 31.6 Å². The largest absolute Gasteiger partial charge is 0.417 e. The number of halogens is 6. The molecule has 8 heteroatoms. The number of para-hydroxylation sites is 4. The van der Waals surface area contributed by atoms with Crippen LogP contribution < -0.4 is 0 Å². The van der Waals surface area contributed by atoms with Crippen LogP contribution in [0.5, 0.6) is 0 Å². The summed E-state index contributed by atoms with van der Waals surface area (Å²) in [6.45, 7) is 0. The van der Waals surface area contributed by atoms with Crippen molar-refractivity contribution in [3.05, 3.63) is 132 Å². The first kappa shape index (κ1) is 28.0. The highest BCUT2D eigenvalue weighted by atomic mass is 19.4. The Bertz CT molecular complexity index is 2290. The number of benzene rings is 6. The summed E-state index contributed by atoms with van der Waals surface area (Å²) in [5, 5.41) is 3.52. The van der Waals surface area contributed by atoms with Gasteiger partial charge in [0, 0.05) is 43.7 Å². The van der Waals surface area contributed by atoms with Crippen LogP contribution >= 0.6 is 0 Å². The van der Waals surface area contributed by atoms with Crippen LogP contribution in [-0.4, -0.2) is 9.97 Å². The number of hydrogen-bond donors (Lipinski definition) is 2. The normalized spacial score (nSPS) is 12.6. The average Bonchev–Trinajstić information content (AvgIpc) is 3.62. The third kappa shape index (κ3) is 4.43. The summed E-state index contributed by atoms with van der Waals surface area (Å²) in [7, 11) is 0. The van der Waals surface area contributed by atoms with Gasteiger partial charge in [-0.25, -0.2) is 0 Å². The van der Waals surface area contributed by atoms with Crippen LogP contribution in [0.3, 0.4) is 0 Å². The molecule has 0 aliphatic rings. The second kappa shape index (κ2) is 10.0. The van der Waals surface area contributed by atoms with E-state index in [4.69, 9.17) is 0 Å². The van der Waals surface area contributed by atoms with E-state index >= 15 is 0 Å². The lowest BCUT2D eigenvalue weighted by atomic mass is 9.89. The van der Waals surface area contributed by atoms with Gasteiger partial charge in [0.1, 0.15) is 0 Å². The van der Waals surface area contributed by atoms with Crippen LogP contribution in [0.15, 0.2) is 121 Å². The zero-order valence-corrected chi connectivity index (χ0v) is 23.8. The monoisotopic (exact) mass is 620 g/mol. The Hall–Kier alpha value is -5.50. The quantitative estimate of drug-likeness (QED) is 0.184. The van der Waals surface area contributed by atoms with Gasteiger partial charge in [-0.15, -0.1) is 0 Å². The van der Waals surface area contributed by atoms with Crippen molar-refractivity contribution in [1.29, 1.82) is 0 Å². The van der Waals surface area contributed by atoms with Crippen molar-refractivity contribution in [3.8, 4) is 33.4 Å². The SMILES string of the molecule is FC(F)(F)c1cc(-c2cccc3c2[nH]c2ccccc23)ccc1-c1ccc(-c2cccc3c2[nH]c2ccccc23)cc1C(F)(F)F. The molecule has 8 aromatic rings. The van der Waals surface area contributed by atoms with Crippen molar-refractivity contribution in [1.82, 2.24) is 9.97 Å². The van der Waals surface area contributed by atoms with Gasteiger partial charge in [-0.2, -0.15) is 26.3 Å². The standard InChI is InChI=1S/C38H22F6N2/c39-37(40,41)31-19-21(23-9-5-11-29-27-7-1-3-13-33(27)45-35(23)29)15-17-25(31)26-18-16-22(20-32(26)38(42,43)44)24-10-6-12-30-28-8-2-4-14-34(28)46-36(24)30/h1-20,45-46H. The first-order valence-electron chi connectivity index (χ1n) is 14.5. The number of fused-ring (bicyclic) bond motifs is 6. The molecule has 0 atom stereocenters. The molecule has 2 heterocycles. The molecule has 0 bridgehead atoms. The maximum absolute atomic E-state index is 14.7. The van der Waals surface area contributed by atoms with E-state index in [0.717, 1.165) is 56.8 Å². The van der Waals surface area contributed by atoms with Crippen LogP contribution in [0.2, 0.25) is 0 Å². The first-order valence-corrected chi connectivity index (χ1v) is 14.5. The fourth-order valence-electron chi connectivity index (χ4n) is 6.59. The van der Waals surface area contributed by atoms with Gasteiger partial charge in [-0.1, -0.05) is 97.1 Å². The molecular formula is C38H22F6N2. The van der Waals surface area contributed by atoms with Crippen LogP contribution in [0, 0.1) is 0 Å². The van der Waals surface area contributed by atoms with Crippen molar-refractivity contribution in [3.63, 3.8) is 0 Å². The summed E-state index contributed by atoms with van der Waals surface area (Å²) in [5.41, 5.74) is 1.10. The Balaban J connectivity index is 1.31. The number of aromatic amines is 2. The number of alkyl halides is 6. The Kier molecular flexibility index (Phi) is 6.09. The zero-order valence-electron chi connectivity index (χ0n) is 23.8. The van der Waals surface area contributed by atoms with E-state index < -0.39 is 34.6 Å². The third-order valence-corrected chi connectivity index (χ3v) is 8.64. The molecule has 0 radical (unpaired) electrons. The molecule has 8 rings (SSSR count). The minimum Gasteiger partial charge on any atom is -0.354 e. The Morgan fingerprint density at radius 1 is 0.370 bits per heavy atom. The number of nitrogens with one attached hydrogen (secondary N) is 2. The molecule has 0 amide bonds. The van der Waals surface area contributed by atoms with Gasteiger partial charge in [0.25, 0.3) is 0 Å². The second-order valence-corrected chi connectivity index (χ2v) is 11.3. The summed E-state index contributed by atoms with van der Waals surface area (Å²) in [5.74, 6) is 0. The molecule has 0 aliphatic carbocycles. The van der Waals surface area contributed by atoms with Gasteiger partial charge >= 0.3 is 12.4 Å². The molecular weight excluding hydrogens is 598 g/mol. The maximum Gasteiger partial charge on any atom is 0.417 e. The van der Waals surface area contributed by atoms with Crippen LogP contribution in [0.1, 0.15) is 11.1 Å². The average molecular weight is 621 g/mol. The second-order valence-electron chi connectivity index (χ2n) is 11.3. The summed E-state index contributed by atoms with van der Waals surface area (Å²) >= 11 is 0. The summed E-state index contributed by atoms with van der Waals surface area (Å²) < 4.78 is 88.0. The lowest BCUT2D eigenvalue weighted by Gasteiger charge is -2.20. The highest BCUT2D eigenvalue weighted by Gasteiger charge is 2.39. The summed E-state index contributed by atoms with van der Waals surface area (Å²) in [4.78, 5) is 6.58. The molecule has 2 nitrogen and oxygen atoms in total. The smallest absolute Gasteiger partial charge is 0.354 e. The van der Waals surface area contributed by atoms with E-state index in [1.165, 1.54) is 12.1 Å².